The molecule has 52 heavy (non-hydrogen) atoms. The first-order valence-corrected chi connectivity index (χ1v) is 16.8. The molecule has 0 radical (unpaired) electrons. The molecule has 0 atom stereocenters. The van der Waals surface area contributed by atoms with Crippen LogP contribution in [0.4, 0.5) is 39.8 Å². The topological polar surface area (TPSA) is 165 Å². The summed E-state index contributed by atoms with van der Waals surface area (Å²) in [6.45, 7) is 9.51. The fourth-order valence-corrected chi connectivity index (χ4v) is 8.99. The van der Waals surface area contributed by atoms with Gasteiger partial charge in [-0.05, 0) is 42.5 Å². The summed E-state index contributed by atoms with van der Waals surface area (Å²) in [5.74, 6) is -0.101. The van der Waals surface area contributed by atoms with Crippen molar-refractivity contribution in [2.75, 3.05) is 79.2 Å². The molecule has 3 aliphatic rings. The van der Waals surface area contributed by atoms with Crippen LogP contribution in [-0.2, 0) is 0 Å². The average molecular weight is 684 g/mol. The zero-order chi connectivity index (χ0) is 36.5. The van der Waals surface area contributed by atoms with Crippen LogP contribution in [0.2, 0.25) is 0 Å². The Kier molecular flexibility index (Phi) is 6.21. The number of aliphatic hydroxyl groups excluding tert-OH is 1. The van der Waals surface area contributed by atoms with E-state index in [-0.39, 0.29) is 11.5 Å². The van der Waals surface area contributed by atoms with Gasteiger partial charge in [0.05, 0.1) is 41.5 Å². The van der Waals surface area contributed by atoms with Crippen LogP contribution in [0, 0.1) is 17.9 Å². The normalized spacial score (nSPS) is 17.3. The monoisotopic (exact) mass is 683 g/mol. The van der Waals surface area contributed by atoms with Gasteiger partial charge in [-0.3, -0.25) is 0 Å². The molecule has 0 saturated carbocycles. The van der Waals surface area contributed by atoms with Crippen molar-refractivity contribution in [1.29, 1.82) is 5.26 Å². The van der Waals surface area contributed by atoms with Gasteiger partial charge in [0, 0.05) is 109 Å². The summed E-state index contributed by atoms with van der Waals surface area (Å²) in [6, 6.07) is 21.3. The molecule has 0 amide bonds. The summed E-state index contributed by atoms with van der Waals surface area (Å²) in [4.78, 5) is 10.2. The van der Waals surface area contributed by atoms with E-state index in [2.05, 4.69) is 30.2 Å². The second-order valence-corrected chi connectivity index (χ2v) is 14.0. The second kappa shape index (κ2) is 10.5. The minimum absolute atomic E-state index is 0.101. The Bertz CT molecular complexity index is 2980. The van der Waals surface area contributed by atoms with E-state index in [0.717, 1.165) is 44.0 Å². The first-order valence-electron chi connectivity index (χ1n) is 16.8. The molecule has 0 aromatic heterocycles. The number of nitrogen functional groups attached to an aromatic ring is 4. The van der Waals surface area contributed by atoms with Crippen LogP contribution >= 0.6 is 0 Å². The van der Waals surface area contributed by atoms with Crippen LogP contribution in [0.25, 0.3) is 59.1 Å². The van der Waals surface area contributed by atoms with Crippen molar-refractivity contribution >= 4 is 94.0 Å². The largest absolute Gasteiger partial charge is 0.507 e. The van der Waals surface area contributed by atoms with E-state index in [0.29, 0.717) is 85.1 Å². The van der Waals surface area contributed by atoms with Crippen LogP contribution in [0.3, 0.4) is 0 Å². The lowest BCUT2D eigenvalue weighted by atomic mass is 9.73. The quantitative estimate of drug-likeness (QED) is 0.0537. The Morgan fingerprint density at radius 1 is 0.750 bits per heavy atom. The predicted octanol–water partition coefficient (Wildman–Crippen LogP) is 4.83. The number of hydrogen-bond donors (Lipinski definition) is 5. The van der Waals surface area contributed by atoms with Crippen molar-refractivity contribution in [3.05, 3.63) is 105 Å². The molecule has 2 aliphatic heterocycles. The minimum atomic E-state index is -0.185. The van der Waals surface area contributed by atoms with E-state index in [1.807, 2.05) is 88.9 Å². The Morgan fingerprint density at radius 3 is 2.04 bits per heavy atom. The highest BCUT2D eigenvalue weighted by Crippen LogP contribution is 2.56. The highest BCUT2D eigenvalue weighted by atomic mass is 16.3. The predicted molar refractivity (Wildman–Crippen MR) is 214 cm³/mol. The molecule has 9 N–H and O–H groups in total. The molecule has 6 aromatic rings. The molecular weight excluding hydrogens is 649 g/mol. The van der Waals surface area contributed by atoms with Crippen molar-refractivity contribution in [1.82, 2.24) is 4.58 Å². The number of nitrogens with zero attached hydrogens (tertiary/aromatic N) is 6. The third kappa shape index (κ3) is 3.69. The van der Waals surface area contributed by atoms with Gasteiger partial charge in [0.2, 0.25) is 12.0 Å². The van der Waals surface area contributed by atoms with Crippen molar-refractivity contribution in [2.24, 2.45) is 0 Å². The van der Waals surface area contributed by atoms with E-state index in [9.17, 15) is 10.4 Å². The molecule has 9 rings (SSSR count). The fraction of sp³-hybridized carbons (Fsp3) is 0.146. The van der Waals surface area contributed by atoms with Crippen LogP contribution in [0.15, 0.2) is 77.7 Å². The van der Waals surface area contributed by atoms with E-state index in [1.165, 1.54) is 0 Å². The maximum absolute atomic E-state index is 12.7. The molecule has 0 spiro atoms. The van der Waals surface area contributed by atoms with Gasteiger partial charge in [0.1, 0.15) is 12.8 Å². The molecule has 6 aromatic carbocycles. The maximum Gasteiger partial charge on any atom is 0.270 e. The van der Waals surface area contributed by atoms with Crippen molar-refractivity contribution in [3.63, 3.8) is 0 Å². The summed E-state index contributed by atoms with van der Waals surface area (Å²) in [7, 11) is 8.08. The third-order valence-electron chi connectivity index (χ3n) is 11.0. The van der Waals surface area contributed by atoms with Crippen LogP contribution < -0.4 is 52.8 Å². The number of hydrogen-bond acceptors (Lipinski definition) is 9. The first-order chi connectivity index (χ1) is 25.0. The van der Waals surface area contributed by atoms with E-state index < -0.39 is 0 Å². The molecular formula is C41H35N10O+. The molecule has 0 bridgehead atoms. The highest BCUT2D eigenvalue weighted by molar-refractivity contribution is 6.32. The van der Waals surface area contributed by atoms with Gasteiger partial charge in [0.25, 0.3) is 5.70 Å². The molecule has 2 heterocycles. The third-order valence-corrected chi connectivity index (χ3v) is 11.0. The van der Waals surface area contributed by atoms with E-state index in [4.69, 9.17) is 29.5 Å². The van der Waals surface area contributed by atoms with Gasteiger partial charge in [-0.1, -0.05) is 18.2 Å². The van der Waals surface area contributed by atoms with Gasteiger partial charge in [-0.15, -0.1) is 0 Å². The van der Waals surface area contributed by atoms with Gasteiger partial charge in [-0.2, -0.15) is 0 Å². The molecule has 1 aliphatic carbocycles. The molecule has 11 heteroatoms. The fourth-order valence-electron chi connectivity index (χ4n) is 8.99. The van der Waals surface area contributed by atoms with Gasteiger partial charge in [0.15, 0.2) is 0 Å². The molecule has 0 unspecified atom stereocenters. The zero-order valence-electron chi connectivity index (χ0n) is 29.1. The van der Waals surface area contributed by atoms with Crippen molar-refractivity contribution in [3.8, 4) is 6.07 Å². The summed E-state index contributed by atoms with van der Waals surface area (Å²) < 4.78 is 2.16. The average Bonchev–Trinajstić information content (AvgIpc) is 3.10. The Labute approximate surface area is 298 Å². The molecule has 0 fully saturated rings. The van der Waals surface area contributed by atoms with Crippen molar-refractivity contribution in [2.45, 2.75) is 0 Å². The van der Waals surface area contributed by atoms with E-state index >= 15 is 0 Å². The number of aliphatic hydroxyl groups is 1. The Morgan fingerprint density at radius 2 is 1.37 bits per heavy atom. The number of nitrogens with two attached hydrogens (primary N) is 4. The van der Waals surface area contributed by atoms with Crippen LogP contribution in [0.1, 0.15) is 5.56 Å². The SMILES string of the molecule is [C-]#[N+]/C(C#N)=C1C(c2c3c(N)cccc3c3c4c(ccc(N)c24)N(C)CN3C)=C(O)C/1=c1/c2c(N)cccc2c2c3c(ccc(N)c13)N(C)C[N+]=2C. The summed E-state index contributed by atoms with van der Waals surface area (Å²) >= 11 is 0. The molecule has 254 valence electrons. The maximum atomic E-state index is 12.7. The smallest absolute Gasteiger partial charge is 0.270 e. The van der Waals surface area contributed by atoms with Gasteiger partial charge >= 0.3 is 0 Å². The number of fused-ring (bicyclic) bond motifs is 4. The lowest BCUT2D eigenvalue weighted by Gasteiger charge is -2.38. The van der Waals surface area contributed by atoms with Gasteiger partial charge < -0.3 is 42.7 Å². The summed E-state index contributed by atoms with van der Waals surface area (Å²) in [5, 5.41) is 31.1. The van der Waals surface area contributed by atoms with Crippen LogP contribution in [0.5, 0.6) is 0 Å². The van der Waals surface area contributed by atoms with Crippen LogP contribution in [-0.4, -0.2) is 46.6 Å². The zero-order valence-corrected chi connectivity index (χ0v) is 29.1. The minimum Gasteiger partial charge on any atom is -0.507 e. The highest BCUT2D eigenvalue weighted by Gasteiger charge is 2.40. The number of rotatable bonds is 1. The Hall–Kier alpha value is -7.11. The van der Waals surface area contributed by atoms with Gasteiger partial charge in [-0.25, -0.2) is 14.7 Å². The molecule has 11 nitrogen and oxygen atoms in total. The number of allylic oxidation sites excluding steroid dienone is 3. The second-order valence-electron chi connectivity index (χ2n) is 14.0. The first kappa shape index (κ1) is 30.9. The lowest BCUT2D eigenvalue weighted by molar-refractivity contribution is 0.434. The summed E-state index contributed by atoms with van der Waals surface area (Å²) in [5.41, 5.74) is 33.6. The molecule has 0 saturated heterocycles. The van der Waals surface area contributed by atoms with Crippen molar-refractivity contribution < 1.29 is 5.11 Å². The number of nitriles is 1. The standard InChI is InChI=1S/C41H34N10O/c1-47-25(16-42)32-37(35-28-19(8-6-10-21(28)43)39-33-26(48(2)17-50(39)4)14-12-23(45)30(33)35)41(52)38(32)36-29-20(9-7-11-22(29)44)40-34-27(49(3)18-51(40)5)15-13-24(46)31(34)36/h6-15H,17-18,43-46H2,2-5H3/p+1. The lowest BCUT2D eigenvalue weighted by Crippen LogP contribution is -2.42. The number of anilines is 7. The van der Waals surface area contributed by atoms with E-state index in [1.54, 1.807) is 0 Å². The Balaban J connectivity index is 1.60. The summed E-state index contributed by atoms with van der Waals surface area (Å²) in [6.07, 6.45) is 0. The number of benzene rings is 6.